The van der Waals surface area contributed by atoms with E-state index in [9.17, 15) is 5.11 Å². The van der Waals surface area contributed by atoms with Crippen LogP contribution in [0.3, 0.4) is 0 Å². The number of hydrogen-bond acceptors (Lipinski definition) is 7. The van der Waals surface area contributed by atoms with Crippen LogP contribution in [0.1, 0.15) is 74.7 Å². The molecule has 0 spiro atoms. The van der Waals surface area contributed by atoms with Gasteiger partial charge in [0.2, 0.25) is 0 Å². The Morgan fingerprint density at radius 1 is 0.744 bits per heavy atom. The Morgan fingerprint density at radius 2 is 1.26 bits per heavy atom. The summed E-state index contributed by atoms with van der Waals surface area (Å²) in [6, 6.07) is 15.0. The van der Waals surface area contributed by atoms with E-state index < -0.39 is 7.12 Å². The second-order valence-electron chi connectivity index (χ2n) is 12.6. The minimum absolute atomic E-state index is 0.212. The molecular weight excluding hydrogens is 494 g/mol. The van der Waals surface area contributed by atoms with Crippen LogP contribution in [0.15, 0.2) is 48.5 Å². The fourth-order valence-corrected chi connectivity index (χ4v) is 4.51. The summed E-state index contributed by atoms with van der Waals surface area (Å²) in [6.45, 7) is 17.7. The van der Waals surface area contributed by atoms with Crippen LogP contribution in [0.2, 0.25) is 0 Å². The molecule has 0 bridgehead atoms. The summed E-state index contributed by atoms with van der Waals surface area (Å²) >= 11 is 0. The van der Waals surface area contributed by atoms with Gasteiger partial charge in [-0.1, -0.05) is 24.3 Å². The monoisotopic (exact) mass is 538 g/mol. The Balaban J connectivity index is 0.000000193. The highest BCUT2D eigenvalue weighted by atomic mass is 16.7. The van der Waals surface area contributed by atoms with Crippen LogP contribution in [-0.4, -0.2) is 61.1 Å². The molecule has 1 unspecified atom stereocenters. The second kappa shape index (κ2) is 11.5. The average Bonchev–Trinajstić information content (AvgIpc) is 3.23. The summed E-state index contributed by atoms with van der Waals surface area (Å²) in [5.74, 6) is 1.07. The largest absolute Gasteiger partial charge is 0.508 e. The van der Waals surface area contributed by atoms with Crippen molar-refractivity contribution < 1.29 is 33.2 Å². The molecule has 1 N–H and O–H groups in total. The maximum Gasteiger partial charge on any atom is 0.494 e. The van der Waals surface area contributed by atoms with Crippen LogP contribution in [0.25, 0.3) is 0 Å². The molecule has 0 aliphatic carbocycles. The molecule has 0 radical (unpaired) electrons. The number of phenols is 1. The van der Waals surface area contributed by atoms with Crippen molar-refractivity contribution >= 4 is 25.2 Å². The number of benzene rings is 2. The summed E-state index contributed by atoms with van der Waals surface area (Å²) in [4.78, 5) is 0. The van der Waals surface area contributed by atoms with Gasteiger partial charge in [-0.25, -0.2) is 0 Å². The molecule has 3 saturated heterocycles. The minimum atomic E-state index is -0.405. The van der Waals surface area contributed by atoms with Crippen molar-refractivity contribution in [1.29, 1.82) is 0 Å². The quantitative estimate of drug-likeness (QED) is 0.557. The molecule has 9 heteroatoms. The molecule has 1 atom stereocenters. The summed E-state index contributed by atoms with van der Waals surface area (Å²) < 4.78 is 35.6. The fraction of sp³-hybridized carbons (Fsp3) is 0.600. The predicted molar refractivity (Wildman–Crippen MR) is 155 cm³/mol. The first-order valence-electron chi connectivity index (χ1n) is 14.0. The van der Waals surface area contributed by atoms with Gasteiger partial charge in [-0.3, -0.25) is 0 Å². The highest BCUT2D eigenvalue weighted by Crippen LogP contribution is 2.37. The van der Waals surface area contributed by atoms with Gasteiger partial charge in [0.15, 0.2) is 0 Å². The van der Waals surface area contributed by atoms with Crippen molar-refractivity contribution in [3.05, 3.63) is 48.5 Å². The van der Waals surface area contributed by atoms with E-state index in [-0.39, 0.29) is 41.4 Å². The smallest absolute Gasteiger partial charge is 0.494 e. The van der Waals surface area contributed by atoms with E-state index in [0.29, 0.717) is 6.61 Å². The minimum Gasteiger partial charge on any atom is -0.508 e. The molecule has 3 aliphatic rings. The van der Waals surface area contributed by atoms with E-state index in [0.717, 1.165) is 36.1 Å². The van der Waals surface area contributed by atoms with Gasteiger partial charge in [0.05, 0.1) is 28.5 Å². The Labute approximate surface area is 234 Å². The zero-order chi connectivity index (χ0) is 28.5. The molecule has 7 nitrogen and oxygen atoms in total. The first-order valence-corrected chi connectivity index (χ1v) is 14.0. The highest BCUT2D eigenvalue weighted by molar-refractivity contribution is 6.62. The Kier molecular flexibility index (Phi) is 8.79. The number of ether oxygens (including phenoxy) is 2. The van der Waals surface area contributed by atoms with E-state index in [1.165, 1.54) is 6.42 Å². The van der Waals surface area contributed by atoms with E-state index in [1.807, 2.05) is 58.0 Å². The summed E-state index contributed by atoms with van der Waals surface area (Å²) in [5, 5.41) is 9.42. The SMILES string of the molecule is CC1(C)OB(c2cccc(O)c2)OC1(C)C.CC1(C)OB(c2cccc(OCC3CCCCO3)c2)OC1(C)C. The number of aromatic hydroxyl groups is 1. The normalized spacial score (nSPS) is 24.7. The maximum absolute atomic E-state index is 9.42. The molecule has 3 aliphatic heterocycles. The standard InChI is InChI=1S/C18H27BO4.C12H17BO3/c1-17(2)18(3,4)23-19(22-17)14-8-7-10-15(12-14)21-13-16-9-5-6-11-20-16;1-11(2)12(3,4)16-13(15-11)9-6-5-7-10(14)8-9/h7-8,10,12,16H,5-6,9,11,13H2,1-4H3;5-8,14H,1-4H3. The lowest BCUT2D eigenvalue weighted by atomic mass is 9.79. The molecule has 0 saturated carbocycles. The van der Waals surface area contributed by atoms with E-state index in [2.05, 4.69) is 27.7 Å². The Morgan fingerprint density at radius 3 is 1.74 bits per heavy atom. The van der Waals surface area contributed by atoms with Gasteiger partial charge in [-0.05, 0) is 110 Å². The molecule has 5 rings (SSSR count). The Hall–Kier alpha value is -2.03. The molecule has 212 valence electrons. The number of phenolic OH excluding ortho intramolecular Hbond substituents is 1. The van der Waals surface area contributed by atoms with Gasteiger partial charge in [-0.15, -0.1) is 0 Å². The van der Waals surface area contributed by atoms with Crippen LogP contribution in [0.5, 0.6) is 11.5 Å². The third-order valence-corrected chi connectivity index (χ3v) is 8.49. The molecular formula is C30H44B2O7. The van der Waals surface area contributed by atoms with Crippen molar-refractivity contribution in [1.82, 2.24) is 0 Å². The zero-order valence-corrected chi connectivity index (χ0v) is 24.8. The maximum atomic E-state index is 9.42. The lowest BCUT2D eigenvalue weighted by molar-refractivity contribution is -0.0110. The summed E-state index contributed by atoms with van der Waals surface area (Å²) in [7, 11) is -0.758. The van der Waals surface area contributed by atoms with Crippen LogP contribution < -0.4 is 15.7 Å². The molecule has 3 fully saturated rings. The second-order valence-corrected chi connectivity index (χ2v) is 12.6. The van der Waals surface area contributed by atoms with Crippen molar-refractivity contribution in [3.63, 3.8) is 0 Å². The first-order chi connectivity index (χ1) is 18.2. The molecule has 3 heterocycles. The van der Waals surface area contributed by atoms with Crippen LogP contribution >= 0.6 is 0 Å². The Bertz CT molecular complexity index is 1080. The lowest BCUT2D eigenvalue weighted by Gasteiger charge is -2.32. The topological polar surface area (TPSA) is 75.6 Å². The van der Waals surface area contributed by atoms with Crippen LogP contribution in [0, 0.1) is 0 Å². The summed E-state index contributed by atoms with van der Waals surface area (Å²) in [5.41, 5.74) is 0.491. The van der Waals surface area contributed by atoms with E-state index >= 15 is 0 Å². The van der Waals surface area contributed by atoms with Gasteiger partial charge >= 0.3 is 14.2 Å². The van der Waals surface area contributed by atoms with E-state index in [4.69, 9.17) is 28.1 Å². The van der Waals surface area contributed by atoms with Gasteiger partial charge in [0.1, 0.15) is 18.1 Å². The van der Waals surface area contributed by atoms with Gasteiger partial charge < -0.3 is 33.2 Å². The summed E-state index contributed by atoms with van der Waals surface area (Å²) in [6.07, 6.45) is 3.68. The van der Waals surface area contributed by atoms with Gasteiger partial charge in [0, 0.05) is 6.61 Å². The van der Waals surface area contributed by atoms with Crippen molar-refractivity contribution in [2.24, 2.45) is 0 Å². The first kappa shape index (κ1) is 29.9. The van der Waals surface area contributed by atoms with E-state index in [1.54, 1.807) is 18.2 Å². The molecule has 0 aromatic heterocycles. The highest BCUT2D eigenvalue weighted by Gasteiger charge is 2.52. The van der Waals surface area contributed by atoms with Crippen LogP contribution in [-0.2, 0) is 23.4 Å². The fourth-order valence-electron chi connectivity index (χ4n) is 4.51. The average molecular weight is 538 g/mol. The molecule has 39 heavy (non-hydrogen) atoms. The predicted octanol–water partition coefficient (Wildman–Crippen LogP) is 4.63. The zero-order valence-electron chi connectivity index (χ0n) is 24.8. The van der Waals surface area contributed by atoms with Crippen LogP contribution in [0.4, 0.5) is 0 Å². The van der Waals surface area contributed by atoms with Crippen molar-refractivity contribution in [2.75, 3.05) is 13.2 Å². The molecule has 2 aromatic carbocycles. The van der Waals surface area contributed by atoms with Gasteiger partial charge in [0.25, 0.3) is 0 Å². The number of hydrogen-bond donors (Lipinski definition) is 1. The molecule has 0 amide bonds. The number of rotatable bonds is 5. The molecule has 2 aromatic rings. The van der Waals surface area contributed by atoms with Crippen molar-refractivity contribution in [2.45, 2.75) is 103 Å². The lowest BCUT2D eigenvalue weighted by Crippen LogP contribution is -2.41. The van der Waals surface area contributed by atoms with Crippen molar-refractivity contribution in [3.8, 4) is 11.5 Å². The third kappa shape index (κ3) is 7.01. The van der Waals surface area contributed by atoms with Gasteiger partial charge in [-0.2, -0.15) is 0 Å². The third-order valence-electron chi connectivity index (χ3n) is 8.49.